The van der Waals surface area contributed by atoms with Crippen LogP contribution in [0.4, 0.5) is 15.3 Å². The average Bonchev–Trinajstić information content (AvgIpc) is 3.06. The summed E-state index contributed by atoms with van der Waals surface area (Å²) < 4.78 is 26.0. The van der Waals surface area contributed by atoms with Crippen LogP contribution in [0, 0.1) is 12.7 Å². The molecule has 130 valence electrons. The number of halogens is 1. The molecule has 0 spiro atoms. The van der Waals surface area contributed by atoms with Gasteiger partial charge in [-0.1, -0.05) is 24.3 Å². The predicted octanol–water partition coefficient (Wildman–Crippen LogP) is 5.05. The van der Waals surface area contributed by atoms with E-state index in [1.54, 1.807) is 12.3 Å². The van der Waals surface area contributed by atoms with Crippen LogP contribution >= 0.6 is 11.3 Å². The monoisotopic (exact) mass is 383 g/mol. The van der Waals surface area contributed by atoms with Crippen LogP contribution in [0.15, 0.2) is 70.7 Å². The van der Waals surface area contributed by atoms with E-state index in [0.717, 1.165) is 20.8 Å². The third-order valence-electron chi connectivity index (χ3n) is 3.78. The van der Waals surface area contributed by atoms with Crippen molar-refractivity contribution in [2.24, 2.45) is 0 Å². The maximum Gasteiger partial charge on any atom is 0.252 e. The van der Waals surface area contributed by atoms with Crippen molar-refractivity contribution in [2.75, 3.05) is 5.32 Å². The lowest BCUT2D eigenvalue weighted by Gasteiger charge is -2.12. The fourth-order valence-electron chi connectivity index (χ4n) is 2.56. The molecule has 0 saturated heterocycles. The van der Waals surface area contributed by atoms with Crippen LogP contribution < -0.4 is 5.32 Å². The van der Waals surface area contributed by atoms with Gasteiger partial charge in [0.15, 0.2) is 10.0 Å². The Morgan fingerprint density at radius 1 is 1.12 bits per heavy atom. The van der Waals surface area contributed by atoms with Gasteiger partial charge >= 0.3 is 0 Å². The molecule has 2 heterocycles. The van der Waals surface area contributed by atoms with Crippen LogP contribution in [0.5, 0.6) is 0 Å². The molecule has 0 saturated carbocycles. The highest BCUT2D eigenvalue weighted by Gasteiger charge is 2.19. The Morgan fingerprint density at radius 2 is 1.88 bits per heavy atom. The molecule has 4 aromatic rings. The molecule has 2 aromatic heterocycles. The number of rotatable bonds is 4. The van der Waals surface area contributed by atoms with Gasteiger partial charge < -0.3 is 9.87 Å². The first-order valence-electron chi connectivity index (χ1n) is 7.87. The van der Waals surface area contributed by atoms with E-state index in [1.807, 2.05) is 31.2 Å². The standard InChI is InChI=1S/C19H14FN3OS2/c1-12-11-21-19(25-12)23-18-16-5-3-2-4-13(16)10-17(22-18)26(24)15-8-6-14(20)7-9-15/h2-11H,1H3,(H,21,22,23). The van der Waals surface area contributed by atoms with Crippen molar-refractivity contribution in [1.82, 2.24) is 9.97 Å². The lowest BCUT2D eigenvalue weighted by atomic mass is 10.1. The Balaban J connectivity index is 1.79. The molecule has 0 radical (unpaired) electrons. The number of nitrogens with one attached hydrogen (secondary N) is 1. The van der Waals surface area contributed by atoms with Crippen LogP contribution in [0.1, 0.15) is 4.88 Å². The molecule has 0 aliphatic carbocycles. The number of aromatic nitrogens is 2. The highest BCUT2D eigenvalue weighted by molar-refractivity contribution is 7.91. The van der Waals surface area contributed by atoms with Crippen molar-refractivity contribution in [3.8, 4) is 0 Å². The SMILES string of the molecule is Cc1cnc(Nc2nc([S+]([O-])c3ccc(F)cc3)cc3ccccc23)s1. The molecule has 2 aromatic carbocycles. The van der Waals surface area contributed by atoms with E-state index in [1.165, 1.54) is 35.6 Å². The third kappa shape index (κ3) is 3.41. The van der Waals surface area contributed by atoms with E-state index in [9.17, 15) is 8.94 Å². The lowest BCUT2D eigenvalue weighted by Crippen LogP contribution is -2.07. The van der Waals surface area contributed by atoms with E-state index in [4.69, 9.17) is 0 Å². The Kier molecular flexibility index (Phi) is 4.58. The van der Waals surface area contributed by atoms with Crippen molar-refractivity contribution in [2.45, 2.75) is 16.8 Å². The Bertz CT molecular complexity index is 1070. The van der Waals surface area contributed by atoms with E-state index < -0.39 is 11.2 Å². The fraction of sp³-hybridized carbons (Fsp3) is 0.0526. The molecule has 4 rings (SSSR count). The Labute approximate surface area is 156 Å². The van der Waals surface area contributed by atoms with Crippen LogP contribution in [-0.2, 0) is 11.2 Å². The minimum absolute atomic E-state index is 0.362. The number of thiazole rings is 1. The molecule has 4 nitrogen and oxygen atoms in total. The van der Waals surface area contributed by atoms with E-state index in [0.29, 0.717) is 15.7 Å². The minimum Gasteiger partial charge on any atom is -0.605 e. The number of anilines is 2. The second-order valence-corrected chi connectivity index (χ2v) is 8.32. The highest BCUT2D eigenvalue weighted by Crippen LogP contribution is 2.30. The van der Waals surface area contributed by atoms with E-state index in [2.05, 4.69) is 15.3 Å². The van der Waals surface area contributed by atoms with Gasteiger partial charge in [-0.2, -0.15) is 4.98 Å². The lowest BCUT2D eigenvalue weighted by molar-refractivity contribution is 0.590. The van der Waals surface area contributed by atoms with Gasteiger partial charge in [0.2, 0.25) is 0 Å². The molecule has 0 aliphatic rings. The molecule has 1 N–H and O–H groups in total. The van der Waals surface area contributed by atoms with Gasteiger partial charge in [0.1, 0.15) is 11.6 Å². The summed E-state index contributed by atoms with van der Waals surface area (Å²) in [7, 11) is 0. The zero-order valence-electron chi connectivity index (χ0n) is 13.8. The number of benzene rings is 2. The maximum absolute atomic E-state index is 13.1. The zero-order valence-corrected chi connectivity index (χ0v) is 15.4. The van der Waals surface area contributed by atoms with Crippen LogP contribution in [-0.4, -0.2) is 14.5 Å². The molecule has 1 unspecified atom stereocenters. The van der Waals surface area contributed by atoms with E-state index >= 15 is 0 Å². The quantitative estimate of drug-likeness (QED) is 0.501. The summed E-state index contributed by atoms with van der Waals surface area (Å²) in [5.74, 6) is 0.238. The molecule has 0 bridgehead atoms. The third-order valence-corrected chi connectivity index (χ3v) is 5.90. The molecule has 0 fully saturated rings. The van der Waals surface area contributed by atoms with Gasteiger partial charge in [0.25, 0.3) is 5.03 Å². The van der Waals surface area contributed by atoms with Crippen LogP contribution in [0.25, 0.3) is 10.8 Å². The second-order valence-electron chi connectivity index (χ2n) is 5.65. The first-order chi connectivity index (χ1) is 12.6. The Morgan fingerprint density at radius 3 is 2.62 bits per heavy atom. The number of nitrogens with zero attached hydrogens (tertiary/aromatic N) is 2. The molecule has 0 aliphatic heterocycles. The zero-order chi connectivity index (χ0) is 18.1. The van der Waals surface area contributed by atoms with Gasteiger partial charge in [-0.3, -0.25) is 0 Å². The smallest absolute Gasteiger partial charge is 0.252 e. The molecular weight excluding hydrogens is 369 g/mol. The van der Waals surface area contributed by atoms with Gasteiger partial charge in [0.05, 0.1) is 0 Å². The number of hydrogen-bond acceptors (Lipinski definition) is 5. The first-order valence-corrected chi connectivity index (χ1v) is 9.83. The summed E-state index contributed by atoms with van der Waals surface area (Å²) in [6, 6.07) is 15.2. The summed E-state index contributed by atoms with van der Waals surface area (Å²) >= 11 is 0.0147. The second kappa shape index (κ2) is 7.03. The minimum atomic E-state index is -1.51. The van der Waals surface area contributed by atoms with E-state index in [-0.39, 0.29) is 5.82 Å². The number of pyridine rings is 1. The summed E-state index contributed by atoms with van der Waals surface area (Å²) in [6.07, 6.45) is 1.79. The molecule has 0 amide bonds. The van der Waals surface area contributed by atoms with Gasteiger partial charge in [0, 0.05) is 33.7 Å². The van der Waals surface area contributed by atoms with Crippen molar-refractivity contribution in [3.05, 3.63) is 71.5 Å². The predicted molar refractivity (Wildman–Crippen MR) is 103 cm³/mol. The number of fused-ring (bicyclic) bond motifs is 1. The molecular formula is C19H14FN3OS2. The topological polar surface area (TPSA) is 60.9 Å². The summed E-state index contributed by atoms with van der Waals surface area (Å²) in [5.41, 5.74) is 0. The normalized spacial score (nSPS) is 12.3. The molecule has 26 heavy (non-hydrogen) atoms. The van der Waals surface area contributed by atoms with Crippen molar-refractivity contribution < 1.29 is 8.94 Å². The van der Waals surface area contributed by atoms with Gasteiger partial charge in [-0.25, -0.2) is 9.37 Å². The van der Waals surface area contributed by atoms with Crippen molar-refractivity contribution in [3.63, 3.8) is 0 Å². The maximum atomic E-state index is 13.1. The largest absolute Gasteiger partial charge is 0.605 e. The average molecular weight is 383 g/mol. The van der Waals surface area contributed by atoms with Gasteiger partial charge in [-0.15, -0.1) is 11.3 Å². The fourth-order valence-corrected chi connectivity index (χ4v) is 4.25. The molecule has 7 heteroatoms. The summed E-state index contributed by atoms with van der Waals surface area (Å²) in [5, 5.41) is 6.20. The van der Waals surface area contributed by atoms with Crippen LogP contribution in [0.2, 0.25) is 0 Å². The van der Waals surface area contributed by atoms with Crippen LogP contribution in [0.3, 0.4) is 0 Å². The number of aryl methyl sites for hydroxylation is 1. The van der Waals surface area contributed by atoms with Crippen molar-refractivity contribution in [1.29, 1.82) is 0 Å². The highest BCUT2D eigenvalue weighted by atomic mass is 32.2. The molecule has 1 atom stereocenters. The van der Waals surface area contributed by atoms with Gasteiger partial charge in [-0.05, 0) is 36.6 Å². The number of hydrogen-bond donors (Lipinski definition) is 1. The first kappa shape index (κ1) is 17.0. The Hall–Kier alpha value is -2.48. The summed E-state index contributed by atoms with van der Waals surface area (Å²) in [6.45, 7) is 1.98. The summed E-state index contributed by atoms with van der Waals surface area (Å²) in [4.78, 5) is 10.5. The van der Waals surface area contributed by atoms with Crippen molar-refractivity contribution >= 4 is 44.2 Å².